The predicted octanol–water partition coefficient (Wildman–Crippen LogP) is 1.96. The van der Waals surface area contributed by atoms with E-state index in [0.29, 0.717) is 0 Å². The first-order chi connectivity index (χ1) is 7.76. The second-order valence-electron chi connectivity index (χ2n) is 3.87. The zero-order valence-corrected chi connectivity index (χ0v) is 10.2. The Morgan fingerprint density at radius 2 is 1.94 bits per heavy atom. The lowest BCUT2D eigenvalue weighted by Crippen LogP contribution is -2.15. The number of rotatable bonds is 4. The second-order valence-corrected chi connectivity index (χ2v) is 6.37. The smallest absolute Gasteiger partial charge is 0.343 e. The first-order valence-corrected chi connectivity index (χ1v) is 6.52. The van der Waals surface area contributed by atoms with E-state index in [1.54, 1.807) is 0 Å². The summed E-state index contributed by atoms with van der Waals surface area (Å²) in [5.74, 6) is -1.64. The molecule has 1 unspecified atom stereocenters. The zero-order chi connectivity index (χ0) is 13.2. The summed E-state index contributed by atoms with van der Waals surface area (Å²) in [6.07, 6.45) is -2.21. The Hall–Kier alpha value is -1.43. The van der Waals surface area contributed by atoms with Crippen molar-refractivity contribution in [1.82, 2.24) is 0 Å². The molecule has 0 aromatic heterocycles. The Morgan fingerprint density at radius 1 is 1.35 bits per heavy atom. The fourth-order valence-electron chi connectivity index (χ4n) is 1.26. The van der Waals surface area contributed by atoms with Crippen LogP contribution in [0.2, 0.25) is 0 Å². The first kappa shape index (κ1) is 13.6. The molecule has 1 N–H and O–H groups in total. The predicted molar refractivity (Wildman–Crippen MR) is 60.2 cm³/mol. The number of carboxylic acid groups (broad SMARTS) is 1. The van der Waals surface area contributed by atoms with E-state index in [9.17, 15) is 17.6 Å². The number of halogens is 1. The van der Waals surface area contributed by atoms with Crippen LogP contribution >= 0.6 is 0 Å². The highest BCUT2D eigenvalue weighted by atomic mass is 32.2. The van der Waals surface area contributed by atoms with Crippen molar-refractivity contribution in [2.75, 3.05) is 0 Å². The molecule has 0 aliphatic carbocycles. The monoisotopic (exact) mass is 260 g/mol. The zero-order valence-electron chi connectivity index (χ0n) is 9.42. The van der Waals surface area contributed by atoms with Gasteiger partial charge in [0.1, 0.15) is 0 Å². The minimum atomic E-state index is -3.52. The molecule has 6 heteroatoms. The topological polar surface area (TPSA) is 71.4 Å². The van der Waals surface area contributed by atoms with Gasteiger partial charge in [-0.15, -0.1) is 0 Å². The summed E-state index contributed by atoms with van der Waals surface area (Å²) in [6.45, 7) is 3.01. The molecule has 0 saturated heterocycles. The van der Waals surface area contributed by atoms with Gasteiger partial charge in [0.25, 0.3) is 0 Å². The summed E-state index contributed by atoms with van der Waals surface area (Å²) in [7, 11) is -3.52. The third kappa shape index (κ3) is 2.82. The molecule has 0 fully saturated rings. The molecule has 0 radical (unpaired) electrons. The quantitative estimate of drug-likeness (QED) is 0.898. The van der Waals surface area contributed by atoms with Crippen molar-refractivity contribution in [3.63, 3.8) is 0 Å². The maximum absolute atomic E-state index is 13.2. The summed E-state index contributed by atoms with van der Waals surface area (Å²) >= 11 is 0. The third-order valence-electron chi connectivity index (χ3n) is 2.32. The van der Waals surface area contributed by atoms with Gasteiger partial charge in [-0.2, -0.15) is 0 Å². The van der Waals surface area contributed by atoms with Gasteiger partial charge in [0, 0.05) is 0 Å². The van der Waals surface area contributed by atoms with Crippen LogP contribution in [0.25, 0.3) is 0 Å². The van der Waals surface area contributed by atoms with Crippen molar-refractivity contribution < 1.29 is 22.7 Å². The van der Waals surface area contributed by atoms with Crippen molar-refractivity contribution in [2.24, 2.45) is 0 Å². The molecule has 94 valence electrons. The van der Waals surface area contributed by atoms with Crippen LogP contribution in [0, 0.1) is 0 Å². The van der Waals surface area contributed by atoms with E-state index < -0.39 is 27.2 Å². The lowest BCUT2D eigenvalue weighted by molar-refractivity contribution is -0.143. The number of carboxylic acids is 1. The van der Waals surface area contributed by atoms with Crippen LogP contribution < -0.4 is 0 Å². The minimum absolute atomic E-state index is 0.0612. The molecule has 0 heterocycles. The highest BCUT2D eigenvalue weighted by molar-refractivity contribution is 7.92. The molecular formula is C11H13FO4S. The average molecular weight is 260 g/mol. The summed E-state index contributed by atoms with van der Waals surface area (Å²) in [6, 6.07) is 4.97. The van der Waals surface area contributed by atoms with E-state index in [0.717, 1.165) is 6.07 Å². The molecule has 0 saturated carbocycles. The largest absolute Gasteiger partial charge is 0.479 e. The number of hydrogen-bond donors (Lipinski definition) is 1. The molecule has 0 spiro atoms. The normalized spacial score (nSPS) is 13.6. The molecule has 0 aliphatic rings. The van der Waals surface area contributed by atoms with Crippen molar-refractivity contribution in [1.29, 1.82) is 0 Å². The number of carbonyl (C=O) groups is 1. The Morgan fingerprint density at radius 3 is 2.41 bits per heavy atom. The van der Waals surface area contributed by atoms with E-state index in [1.807, 2.05) is 0 Å². The summed E-state index contributed by atoms with van der Waals surface area (Å²) < 4.78 is 36.8. The highest BCUT2D eigenvalue weighted by Gasteiger charge is 2.23. The molecular weight excluding hydrogens is 247 g/mol. The molecule has 1 rings (SSSR count). The van der Waals surface area contributed by atoms with Crippen molar-refractivity contribution in [3.8, 4) is 0 Å². The van der Waals surface area contributed by atoms with Gasteiger partial charge in [0.2, 0.25) is 6.17 Å². The van der Waals surface area contributed by atoms with E-state index >= 15 is 0 Å². The van der Waals surface area contributed by atoms with E-state index in [-0.39, 0.29) is 10.5 Å². The molecule has 1 aromatic rings. The van der Waals surface area contributed by atoms with E-state index in [1.165, 1.54) is 32.0 Å². The van der Waals surface area contributed by atoms with Crippen LogP contribution in [-0.4, -0.2) is 24.7 Å². The number of hydrogen-bond acceptors (Lipinski definition) is 3. The molecule has 0 amide bonds. The fourth-order valence-corrected chi connectivity index (χ4v) is 2.38. The Kier molecular flexibility index (Phi) is 3.87. The van der Waals surface area contributed by atoms with Crippen molar-refractivity contribution in [2.45, 2.75) is 30.2 Å². The second kappa shape index (κ2) is 4.83. The minimum Gasteiger partial charge on any atom is -0.479 e. The van der Waals surface area contributed by atoms with Crippen LogP contribution in [0.4, 0.5) is 4.39 Å². The average Bonchev–Trinajstić information content (AvgIpc) is 2.27. The third-order valence-corrected chi connectivity index (χ3v) is 4.47. The molecule has 0 bridgehead atoms. The molecule has 4 nitrogen and oxygen atoms in total. The number of alkyl halides is 1. The van der Waals surface area contributed by atoms with Gasteiger partial charge in [-0.1, -0.05) is 12.1 Å². The molecule has 0 aliphatic heterocycles. The van der Waals surface area contributed by atoms with Gasteiger partial charge < -0.3 is 5.11 Å². The van der Waals surface area contributed by atoms with Crippen molar-refractivity contribution >= 4 is 15.8 Å². The SMILES string of the molecule is CC(C)S(=O)(=O)c1cccc(C(F)C(=O)O)c1. The van der Waals surface area contributed by atoms with Gasteiger partial charge in [0.15, 0.2) is 9.84 Å². The molecule has 17 heavy (non-hydrogen) atoms. The number of benzene rings is 1. The summed E-state index contributed by atoms with van der Waals surface area (Å²) in [5.41, 5.74) is -0.167. The number of aliphatic carboxylic acids is 1. The Balaban J connectivity index is 3.24. The standard InChI is InChI=1S/C11H13FO4S/c1-7(2)17(15,16)9-5-3-4-8(6-9)10(12)11(13)14/h3-7,10H,1-2H3,(H,13,14). The van der Waals surface area contributed by atoms with Crippen LogP contribution in [0.15, 0.2) is 29.2 Å². The number of sulfone groups is 1. The van der Waals surface area contributed by atoms with Crippen LogP contribution in [-0.2, 0) is 14.6 Å². The van der Waals surface area contributed by atoms with Gasteiger partial charge in [-0.3, -0.25) is 0 Å². The van der Waals surface area contributed by atoms with Crippen LogP contribution in [0.1, 0.15) is 25.6 Å². The van der Waals surface area contributed by atoms with E-state index in [4.69, 9.17) is 5.11 Å². The highest BCUT2D eigenvalue weighted by Crippen LogP contribution is 2.23. The molecule has 1 atom stereocenters. The fraction of sp³-hybridized carbons (Fsp3) is 0.364. The van der Waals surface area contributed by atoms with Crippen molar-refractivity contribution in [3.05, 3.63) is 29.8 Å². The first-order valence-electron chi connectivity index (χ1n) is 4.97. The van der Waals surface area contributed by atoms with Gasteiger partial charge in [-0.05, 0) is 31.5 Å². The maximum atomic E-state index is 13.2. The lowest BCUT2D eigenvalue weighted by Gasteiger charge is -2.10. The van der Waals surface area contributed by atoms with Gasteiger partial charge >= 0.3 is 5.97 Å². The van der Waals surface area contributed by atoms with Crippen LogP contribution in [0.5, 0.6) is 0 Å². The Labute approximate surface area is 99.0 Å². The van der Waals surface area contributed by atoms with E-state index in [2.05, 4.69) is 0 Å². The Bertz CT molecular complexity index is 522. The van der Waals surface area contributed by atoms with Gasteiger partial charge in [-0.25, -0.2) is 17.6 Å². The summed E-state index contributed by atoms with van der Waals surface area (Å²) in [5, 5.41) is 7.88. The van der Waals surface area contributed by atoms with Gasteiger partial charge in [0.05, 0.1) is 10.1 Å². The maximum Gasteiger partial charge on any atom is 0.343 e. The summed E-state index contributed by atoms with van der Waals surface area (Å²) in [4.78, 5) is 10.4. The lowest BCUT2D eigenvalue weighted by atomic mass is 10.1. The molecule has 1 aromatic carbocycles. The van der Waals surface area contributed by atoms with Crippen LogP contribution in [0.3, 0.4) is 0 Å².